The molecular weight excluding hydrogens is 386 g/mol. The van der Waals surface area contributed by atoms with Crippen molar-refractivity contribution >= 4 is 52.0 Å². The van der Waals surface area contributed by atoms with E-state index in [0.717, 1.165) is 16.0 Å². The third-order valence-corrected chi connectivity index (χ3v) is 5.78. The number of amides is 1. The molecule has 0 aromatic heterocycles. The van der Waals surface area contributed by atoms with Crippen molar-refractivity contribution in [3.05, 3.63) is 58.5 Å². The van der Waals surface area contributed by atoms with Crippen LogP contribution in [0.3, 0.4) is 0 Å². The molecule has 7 heteroatoms. The van der Waals surface area contributed by atoms with Gasteiger partial charge in [0.25, 0.3) is 5.91 Å². The lowest BCUT2D eigenvalue weighted by Crippen LogP contribution is -2.17. The first-order chi connectivity index (χ1) is 12.6. The first-order valence-electron chi connectivity index (χ1n) is 7.98. The third kappa shape index (κ3) is 4.60. The topological polar surface area (TPSA) is 58.6 Å². The van der Waals surface area contributed by atoms with E-state index in [1.54, 1.807) is 23.9 Å². The molecule has 0 unspecified atom stereocenters. The van der Waals surface area contributed by atoms with Crippen molar-refractivity contribution in [2.45, 2.75) is 17.6 Å². The van der Waals surface area contributed by atoms with E-state index < -0.39 is 0 Å². The number of carbonyl (C=O) groups excluding carboxylic acids is 1. The number of rotatable bonds is 6. The van der Waals surface area contributed by atoms with E-state index in [2.05, 4.69) is 5.32 Å². The molecule has 2 N–H and O–H groups in total. The summed E-state index contributed by atoms with van der Waals surface area (Å²) in [5.74, 6) is 0.934. The van der Waals surface area contributed by atoms with Crippen LogP contribution in [0.2, 0.25) is 0 Å². The zero-order chi connectivity index (χ0) is 18.5. The van der Waals surface area contributed by atoms with Crippen molar-refractivity contribution in [3.8, 4) is 11.5 Å². The second-order valence-corrected chi connectivity index (χ2v) is 8.18. The van der Waals surface area contributed by atoms with E-state index in [9.17, 15) is 9.90 Å². The minimum atomic E-state index is -0.203. The number of hydrogen-bond acceptors (Lipinski definition) is 6. The molecule has 26 heavy (non-hydrogen) atoms. The monoisotopic (exact) mass is 403 g/mol. The van der Waals surface area contributed by atoms with Gasteiger partial charge in [0.15, 0.2) is 11.5 Å². The van der Waals surface area contributed by atoms with E-state index in [1.165, 1.54) is 11.8 Å². The van der Waals surface area contributed by atoms with Crippen LogP contribution in [0.25, 0.3) is 6.08 Å². The Morgan fingerprint density at radius 1 is 1.31 bits per heavy atom. The lowest BCUT2D eigenvalue weighted by atomic mass is 10.1. The van der Waals surface area contributed by atoms with E-state index in [4.69, 9.17) is 17.0 Å². The summed E-state index contributed by atoms with van der Waals surface area (Å²) in [7, 11) is 0. The summed E-state index contributed by atoms with van der Waals surface area (Å²) in [5.41, 5.74) is 1.54. The highest BCUT2D eigenvalue weighted by Gasteiger charge is 2.22. The summed E-state index contributed by atoms with van der Waals surface area (Å²) in [4.78, 5) is 13.5. The summed E-state index contributed by atoms with van der Waals surface area (Å²) in [5, 5.41) is 13.1. The minimum Gasteiger partial charge on any atom is -0.504 e. The van der Waals surface area contributed by atoms with Gasteiger partial charge in [-0.3, -0.25) is 4.79 Å². The third-order valence-electron chi connectivity index (χ3n) is 3.55. The average molecular weight is 404 g/mol. The second kappa shape index (κ2) is 8.62. The smallest absolute Gasteiger partial charge is 0.263 e. The van der Waals surface area contributed by atoms with Crippen LogP contribution in [-0.2, 0) is 10.5 Å². The number of benzene rings is 2. The Bertz CT molecular complexity index is 866. The van der Waals surface area contributed by atoms with Crippen molar-refractivity contribution in [2.24, 2.45) is 0 Å². The molecule has 2 aromatic rings. The van der Waals surface area contributed by atoms with Gasteiger partial charge in [-0.15, -0.1) is 11.8 Å². The van der Waals surface area contributed by atoms with Gasteiger partial charge < -0.3 is 15.2 Å². The highest BCUT2D eigenvalue weighted by Crippen LogP contribution is 2.37. The fourth-order valence-electron chi connectivity index (χ4n) is 2.40. The van der Waals surface area contributed by atoms with Gasteiger partial charge in [-0.2, -0.15) is 0 Å². The highest BCUT2D eigenvalue weighted by atomic mass is 32.2. The van der Waals surface area contributed by atoms with Gasteiger partial charge in [0.1, 0.15) is 4.32 Å². The molecule has 0 radical (unpaired) electrons. The molecule has 1 amide bonds. The van der Waals surface area contributed by atoms with Crippen LogP contribution in [0.4, 0.5) is 0 Å². The van der Waals surface area contributed by atoms with Gasteiger partial charge >= 0.3 is 0 Å². The van der Waals surface area contributed by atoms with E-state index in [1.807, 2.05) is 43.3 Å². The normalized spacial score (nSPS) is 15.3. The summed E-state index contributed by atoms with van der Waals surface area (Å²) in [6.45, 7) is 2.31. The Morgan fingerprint density at radius 2 is 2.08 bits per heavy atom. The van der Waals surface area contributed by atoms with Crippen LogP contribution in [0.15, 0.2) is 52.3 Å². The minimum absolute atomic E-state index is 0.136. The van der Waals surface area contributed by atoms with E-state index in [0.29, 0.717) is 27.3 Å². The number of thiocarbonyl (C=S) groups is 1. The van der Waals surface area contributed by atoms with Gasteiger partial charge in [0.05, 0.1) is 11.5 Å². The first-order valence-corrected chi connectivity index (χ1v) is 10.2. The zero-order valence-electron chi connectivity index (χ0n) is 14.0. The van der Waals surface area contributed by atoms with Crippen molar-refractivity contribution < 1.29 is 14.6 Å². The van der Waals surface area contributed by atoms with Crippen LogP contribution in [-0.4, -0.2) is 21.9 Å². The summed E-state index contributed by atoms with van der Waals surface area (Å²) < 4.78 is 6.01. The molecule has 0 aliphatic carbocycles. The standard InChI is InChI=1S/C19H17NO3S3/c1-2-23-15-9-12(10-16-18(22)20-19(24)26-16)8-13(17(15)21)11-25-14-6-4-3-5-7-14/h3-10,21H,2,11H2,1H3,(H,20,22,24)/b16-10+. The van der Waals surface area contributed by atoms with Crippen LogP contribution in [0, 0.1) is 0 Å². The Balaban J connectivity index is 1.90. The first kappa shape index (κ1) is 18.8. The average Bonchev–Trinajstić information content (AvgIpc) is 2.94. The van der Waals surface area contributed by atoms with E-state index >= 15 is 0 Å². The number of hydrogen-bond donors (Lipinski definition) is 2. The molecule has 0 atom stereocenters. The number of phenols is 1. The number of carbonyl (C=O) groups is 1. The maximum atomic E-state index is 11.9. The predicted octanol–water partition coefficient (Wildman–Crippen LogP) is 4.57. The SMILES string of the molecule is CCOc1cc(/C=C2/SC(=S)NC2=O)cc(CSc2ccccc2)c1O. The number of ether oxygens (including phenoxy) is 1. The molecule has 4 nitrogen and oxygen atoms in total. The summed E-state index contributed by atoms with van der Waals surface area (Å²) in [6, 6.07) is 13.6. The van der Waals surface area contributed by atoms with Gasteiger partial charge in [0.2, 0.25) is 0 Å². The quantitative estimate of drug-likeness (QED) is 0.419. The molecule has 134 valence electrons. The van der Waals surface area contributed by atoms with Crippen LogP contribution in [0.5, 0.6) is 11.5 Å². The molecule has 1 saturated heterocycles. The second-order valence-electron chi connectivity index (χ2n) is 5.41. The van der Waals surface area contributed by atoms with Crippen LogP contribution < -0.4 is 10.1 Å². The summed E-state index contributed by atoms with van der Waals surface area (Å²) in [6.07, 6.45) is 1.76. The van der Waals surface area contributed by atoms with Gasteiger partial charge in [0, 0.05) is 16.2 Å². The molecule has 1 aliphatic rings. The Kier molecular flexibility index (Phi) is 6.24. The van der Waals surface area contributed by atoms with Crippen LogP contribution >= 0.6 is 35.7 Å². The van der Waals surface area contributed by atoms with Crippen molar-refractivity contribution in [1.29, 1.82) is 0 Å². The lowest BCUT2D eigenvalue weighted by Gasteiger charge is -2.12. The highest BCUT2D eigenvalue weighted by molar-refractivity contribution is 8.26. The molecule has 1 aliphatic heterocycles. The predicted molar refractivity (Wildman–Crippen MR) is 112 cm³/mol. The van der Waals surface area contributed by atoms with Crippen molar-refractivity contribution in [3.63, 3.8) is 0 Å². The van der Waals surface area contributed by atoms with Crippen LogP contribution in [0.1, 0.15) is 18.1 Å². The Morgan fingerprint density at radius 3 is 2.73 bits per heavy atom. The van der Waals surface area contributed by atoms with Gasteiger partial charge in [-0.1, -0.05) is 42.2 Å². The molecule has 2 aromatic carbocycles. The fraction of sp³-hybridized carbons (Fsp3) is 0.158. The molecular formula is C19H17NO3S3. The van der Waals surface area contributed by atoms with E-state index in [-0.39, 0.29) is 11.7 Å². The fourth-order valence-corrected chi connectivity index (χ4v) is 4.33. The van der Waals surface area contributed by atoms with Gasteiger partial charge in [-0.05, 0) is 42.8 Å². The molecule has 0 saturated carbocycles. The number of thioether (sulfide) groups is 2. The molecule has 0 spiro atoms. The Labute approximate surface area is 166 Å². The number of aromatic hydroxyl groups is 1. The molecule has 1 heterocycles. The van der Waals surface area contributed by atoms with Crippen molar-refractivity contribution in [2.75, 3.05) is 6.61 Å². The molecule has 3 rings (SSSR count). The summed E-state index contributed by atoms with van der Waals surface area (Å²) >= 11 is 7.88. The maximum absolute atomic E-state index is 11.9. The van der Waals surface area contributed by atoms with Crippen molar-refractivity contribution in [1.82, 2.24) is 5.32 Å². The largest absolute Gasteiger partial charge is 0.504 e. The Hall–Kier alpha value is -1.96. The molecule has 1 fully saturated rings. The number of nitrogens with one attached hydrogen (secondary N) is 1. The lowest BCUT2D eigenvalue weighted by molar-refractivity contribution is -0.115. The maximum Gasteiger partial charge on any atom is 0.263 e. The molecule has 0 bridgehead atoms. The van der Waals surface area contributed by atoms with Gasteiger partial charge in [-0.25, -0.2) is 0 Å². The number of phenolic OH excluding ortho intramolecular Hbond substituents is 1. The zero-order valence-corrected chi connectivity index (χ0v) is 16.5.